The van der Waals surface area contributed by atoms with Gasteiger partial charge in [-0.15, -0.1) is 0 Å². The van der Waals surface area contributed by atoms with Gasteiger partial charge in [-0.2, -0.15) is 0 Å². The average Bonchev–Trinajstić information content (AvgIpc) is 2.33. The van der Waals surface area contributed by atoms with E-state index in [1.807, 2.05) is 0 Å². The lowest BCUT2D eigenvalue weighted by atomic mass is 9.96. The number of nitrogens with zero attached hydrogens (tertiary/aromatic N) is 1. The maximum absolute atomic E-state index is 3.72. The molecule has 0 unspecified atom stereocenters. The maximum Gasteiger partial charge on any atom is 0.0381 e. The Bertz CT molecular complexity index is 352. The largest absolute Gasteiger partial charge is 0.382 e. The normalized spacial score (nSPS) is 17.9. The summed E-state index contributed by atoms with van der Waals surface area (Å²) in [5, 5.41) is 3.72. The number of nitrogens with one attached hydrogen (secondary N) is 1. The van der Waals surface area contributed by atoms with Gasteiger partial charge in [0.25, 0.3) is 0 Å². The van der Waals surface area contributed by atoms with Gasteiger partial charge in [-0.1, -0.05) is 38.2 Å². The van der Waals surface area contributed by atoms with Crippen LogP contribution in [-0.2, 0) is 0 Å². The molecule has 1 aromatic carbocycles. The molecule has 0 aromatic heterocycles. The Balaban J connectivity index is 1.96. The maximum atomic E-state index is 3.72. The molecule has 1 fully saturated rings. The first-order valence-electron chi connectivity index (χ1n) is 7.29. The van der Waals surface area contributed by atoms with E-state index in [-0.39, 0.29) is 0 Å². The van der Waals surface area contributed by atoms with E-state index in [1.54, 1.807) is 0 Å². The number of benzene rings is 1. The Hall–Kier alpha value is -1.18. The first-order valence-corrected chi connectivity index (χ1v) is 7.29. The Morgan fingerprint density at radius 2 is 1.67 bits per heavy atom. The summed E-state index contributed by atoms with van der Waals surface area (Å²) in [7, 11) is 4.18. The topological polar surface area (TPSA) is 15.3 Å². The van der Waals surface area contributed by atoms with Gasteiger partial charge in [0.1, 0.15) is 0 Å². The zero-order chi connectivity index (χ0) is 12.8. The minimum absolute atomic E-state index is 0.669. The van der Waals surface area contributed by atoms with E-state index < -0.39 is 0 Å². The van der Waals surface area contributed by atoms with Crippen LogP contribution in [0, 0.1) is 0 Å². The first kappa shape index (κ1) is 13.3. The van der Waals surface area contributed by atoms with Crippen LogP contribution in [0.5, 0.6) is 0 Å². The molecule has 2 rings (SSSR count). The average molecular weight is 246 g/mol. The molecule has 2 heteroatoms. The minimum Gasteiger partial charge on any atom is -0.382 e. The molecule has 1 aliphatic rings. The third-order valence-corrected chi connectivity index (χ3v) is 3.84. The van der Waals surface area contributed by atoms with E-state index in [4.69, 9.17) is 0 Å². The van der Waals surface area contributed by atoms with Crippen LogP contribution in [0.15, 0.2) is 24.3 Å². The van der Waals surface area contributed by atoms with Crippen LogP contribution in [-0.4, -0.2) is 20.1 Å². The molecule has 0 radical (unpaired) electrons. The molecule has 1 aromatic rings. The van der Waals surface area contributed by atoms with Gasteiger partial charge in [-0.05, 0) is 31.0 Å². The van der Waals surface area contributed by atoms with Crippen molar-refractivity contribution in [2.24, 2.45) is 0 Å². The van der Waals surface area contributed by atoms with E-state index in [9.17, 15) is 0 Å². The molecule has 0 spiro atoms. The molecule has 0 amide bonds. The Labute approximate surface area is 111 Å². The summed E-state index contributed by atoms with van der Waals surface area (Å²) in [6.07, 6.45) is 9.67. The van der Waals surface area contributed by atoms with Crippen LogP contribution in [0.3, 0.4) is 0 Å². The second-order valence-corrected chi connectivity index (χ2v) is 5.63. The number of hydrogen-bond donors (Lipinski definition) is 1. The smallest absolute Gasteiger partial charge is 0.0381 e. The highest BCUT2D eigenvalue weighted by atomic mass is 15.1. The fourth-order valence-corrected chi connectivity index (χ4v) is 2.71. The van der Waals surface area contributed by atoms with Crippen molar-refractivity contribution in [3.8, 4) is 0 Å². The van der Waals surface area contributed by atoms with E-state index in [0.29, 0.717) is 6.04 Å². The van der Waals surface area contributed by atoms with Crippen molar-refractivity contribution in [1.82, 2.24) is 0 Å². The highest BCUT2D eigenvalue weighted by molar-refractivity contribution is 5.57. The molecule has 1 saturated carbocycles. The van der Waals surface area contributed by atoms with Crippen LogP contribution >= 0.6 is 0 Å². The van der Waals surface area contributed by atoms with Gasteiger partial charge in [-0.25, -0.2) is 0 Å². The summed E-state index contributed by atoms with van der Waals surface area (Å²) >= 11 is 0. The van der Waals surface area contributed by atoms with Crippen molar-refractivity contribution in [1.29, 1.82) is 0 Å². The third kappa shape index (κ3) is 3.94. The monoisotopic (exact) mass is 246 g/mol. The quantitative estimate of drug-likeness (QED) is 0.856. The summed E-state index contributed by atoms with van der Waals surface area (Å²) in [6, 6.07) is 9.40. The van der Waals surface area contributed by atoms with Crippen molar-refractivity contribution in [3.05, 3.63) is 24.3 Å². The molecule has 0 bridgehead atoms. The van der Waals surface area contributed by atoms with E-state index in [2.05, 4.69) is 48.6 Å². The molecule has 1 aliphatic carbocycles. The first-order chi connectivity index (χ1) is 8.75. The summed E-state index contributed by atoms with van der Waals surface area (Å²) in [4.78, 5) is 2.16. The lowest BCUT2D eigenvalue weighted by molar-refractivity contribution is 0.471. The summed E-state index contributed by atoms with van der Waals surface area (Å²) in [5.41, 5.74) is 2.54. The summed E-state index contributed by atoms with van der Waals surface area (Å²) in [6.45, 7) is 0. The predicted molar refractivity (Wildman–Crippen MR) is 80.5 cm³/mol. The molecule has 100 valence electrons. The van der Waals surface area contributed by atoms with Gasteiger partial charge in [0.2, 0.25) is 0 Å². The van der Waals surface area contributed by atoms with E-state index >= 15 is 0 Å². The highest BCUT2D eigenvalue weighted by Gasteiger charge is 2.11. The standard InChI is InChI=1S/C16H26N2/c1-18(2)16-12-8-11-15(13-16)17-14-9-6-4-3-5-7-10-14/h8,11-14,17H,3-7,9-10H2,1-2H3. The highest BCUT2D eigenvalue weighted by Crippen LogP contribution is 2.23. The Morgan fingerprint density at radius 3 is 2.33 bits per heavy atom. The van der Waals surface area contributed by atoms with Crippen molar-refractivity contribution in [2.45, 2.75) is 51.0 Å². The molecule has 0 saturated heterocycles. The molecule has 0 aliphatic heterocycles. The molecule has 18 heavy (non-hydrogen) atoms. The number of anilines is 2. The van der Waals surface area contributed by atoms with Gasteiger partial charge in [0.15, 0.2) is 0 Å². The second kappa shape index (κ2) is 6.67. The SMILES string of the molecule is CN(C)c1cccc(NC2CCCCCCC2)c1. The predicted octanol–water partition coefficient (Wildman–Crippen LogP) is 4.28. The molecule has 2 nitrogen and oxygen atoms in total. The molecule has 1 N–H and O–H groups in total. The van der Waals surface area contributed by atoms with E-state index in [0.717, 1.165) is 0 Å². The zero-order valence-corrected chi connectivity index (χ0v) is 11.8. The second-order valence-electron chi connectivity index (χ2n) is 5.63. The number of hydrogen-bond acceptors (Lipinski definition) is 2. The zero-order valence-electron chi connectivity index (χ0n) is 11.8. The summed E-state index contributed by atoms with van der Waals surface area (Å²) < 4.78 is 0. The van der Waals surface area contributed by atoms with Crippen molar-refractivity contribution < 1.29 is 0 Å². The van der Waals surface area contributed by atoms with Crippen LogP contribution in [0.25, 0.3) is 0 Å². The van der Waals surface area contributed by atoms with Crippen LogP contribution < -0.4 is 10.2 Å². The fraction of sp³-hybridized carbons (Fsp3) is 0.625. The van der Waals surface area contributed by atoms with Crippen LogP contribution in [0.1, 0.15) is 44.9 Å². The van der Waals surface area contributed by atoms with E-state index in [1.165, 1.54) is 56.3 Å². The van der Waals surface area contributed by atoms with Crippen molar-refractivity contribution in [2.75, 3.05) is 24.3 Å². The molecular weight excluding hydrogens is 220 g/mol. The van der Waals surface area contributed by atoms with Gasteiger partial charge in [0.05, 0.1) is 0 Å². The number of rotatable bonds is 3. The van der Waals surface area contributed by atoms with Crippen LogP contribution in [0.4, 0.5) is 11.4 Å². The Morgan fingerprint density at radius 1 is 1.00 bits per heavy atom. The lowest BCUT2D eigenvalue weighted by Crippen LogP contribution is -2.20. The summed E-state index contributed by atoms with van der Waals surface area (Å²) in [5.74, 6) is 0. The third-order valence-electron chi connectivity index (χ3n) is 3.84. The molecule has 0 heterocycles. The van der Waals surface area contributed by atoms with Gasteiger partial charge in [-0.3, -0.25) is 0 Å². The van der Waals surface area contributed by atoms with Crippen molar-refractivity contribution >= 4 is 11.4 Å². The molecule has 0 atom stereocenters. The van der Waals surface area contributed by atoms with Gasteiger partial charge >= 0.3 is 0 Å². The van der Waals surface area contributed by atoms with Gasteiger partial charge < -0.3 is 10.2 Å². The van der Waals surface area contributed by atoms with Gasteiger partial charge in [0, 0.05) is 31.5 Å². The minimum atomic E-state index is 0.669. The lowest BCUT2D eigenvalue weighted by Gasteiger charge is -2.23. The van der Waals surface area contributed by atoms with Crippen molar-refractivity contribution in [3.63, 3.8) is 0 Å². The fourth-order valence-electron chi connectivity index (χ4n) is 2.71. The Kier molecular flexibility index (Phi) is 4.91. The van der Waals surface area contributed by atoms with Crippen LogP contribution in [0.2, 0.25) is 0 Å². The molecular formula is C16H26N2.